The van der Waals surface area contributed by atoms with Gasteiger partial charge < -0.3 is 24.4 Å². The zero-order valence-corrected chi connectivity index (χ0v) is 22.1. The number of carbonyl (C=O) groups excluding carboxylic acids is 2. The summed E-state index contributed by atoms with van der Waals surface area (Å²) in [4.78, 5) is 27.5. The maximum Gasteiger partial charge on any atom is 0.249 e. The van der Waals surface area contributed by atoms with Crippen LogP contribution < -0.4 is 5.32 Å². The molecular formula is C32H34N2O5. The molecule has 1 fully saturated rings. The predicted molar refractivity (Wildman–Crippen MR) is 148 cm³/mol. The second-order valence-corrected chi connectivity index (χ2v) is 9.44. The van der Waals surface area contributed by atoms with Gasteiger partial charge in [0.05, 0.1) is 39.0 Å². The molecule has 1 saturated heterocycles. The van der Waals surface area contributed by atoms with Crippen molar-refractivity contribution in [3.8, 4) is 12.3 Å². The van der Waals surface area contributed by atoms with Crippen LogP contribution in [0.15, 0.2) is 91.0 Å². The number of hydrogen-bond acceptors (Lipinski definition) is 5. The Morgan fingerprint density at radius 3 is 1.79 bits per heavy atom. The minimum Gasteiger partial charge on any atom is -0.375 e. The van der Waals surface area contributed by atoms with E-state index in [4.69, 9.17) is 20.6 Å². The molecule has 202 valence electrons. The first-order valence-electron chi connectivity index (χ1n) is 13.0. The first-order valence-corrected chi connectivity index (χ1v) is 13.0. The van der Waals surface area contributed by atoms with Crippen LogP contribution >= 0.6 is 0 Å². The van der Waals surface area contributed by atoms with Crippen LogP contribution in [0.2, 0.25) is 0 Å². The Balaban J connectivity index is 1.64. The molecule has 4 rings (SSSR count). The van der Waals surface area contributed by atoms with E-state index in [0.717, 1.165) is 16.7 Å². The largest absolute Gasteiger partial charge is 0.375 e. The number of terminal acetylenes is 1. The molecule has 0 aromatic heterocycles. The van der Waals surface area contributed by atoms with Gasteiger partial charge in [-0.3, -0.25) is 9.59 Å². The molecular weight excluding hydrogens is 492 g/mol. The van der Waals surface area contributed by atoms with E-state index in [-0.39, 0.29) is 38.2 Å². The second kappa shape index (κ2) is 14.3. The van der Waals surface area contributed by atoms with Gasteiger partial charge >= 0.3 is 0 Å². The van der Waals surface area contributed by atoms with Gasteiger partial charge in [-0.1, -0.05) is 96.9 Å². The lowest BCUT2D eigenvalue weighted by Crippen LogP contribution is -2.70. The molecule has 2 amide bonds. The number of likely N-dealkylation sites (tertiary alicyclic amines) is 1. The van der Waals surface area contributed by atoms with E-state index in [1.54, 1.807) is 4.90 Å². The van der Waals surface area contributed by atoms with Crippen LogP contribution in [0, 0.1) is 12.3 Å². The zero-order valence-electron chi connectivity index (χ0n) is 22.1. The van der Waals surface area contributed by atoms with Gasteiger partial charge in [0, 0.05) is 6.92 Å². The van der Waals surface area contributed by atoms with Crippen molar-refractivity contribution >= 4 is 11.8 Å². The summed E-state index contributed by atoms with van der Waals surface area (Å²) in [6.45, 7) is 2.50. The standard InChI is InChI=1S/C32H34N2O5/c1-3-19-34-28(23-37-20-25-13-7-4-8-14-25)30(38-21-26-15-9-5-10-16-26)31(29(32(34)36)33-24(2)35)39-22-27-17-11-6-12-18-27/h1,4-18,28-31H,19-23H2,2H3,(H,33,35)/t28?,29?,30-,31+/m1/s1. The molecule has 3 aromatic rings. The van der Waals surface area contributed by atoms with Gasteiger partial charge in [-0.15, -0.1) is 6.42 Å². The number of piperidine rings is 1. The van der Waals surface area contributed by atoms with Gasteiger partial charge in [0.15, 0.2) is 0 Å². The summed E-state index contributed by atoms with van der Waals surface area (Å²) < 4.78 is 19.0. The Morgan fingerprint density at radius 1 is 0.821 bits per heavy atom. The van der Waals surface area contributed by atoms with E-state index in [1.807, 2.05) is 91.0 Å². The Hall–Kier alpha value is -3.96. The van der Waals surface area contributed by atoms with Crippen molar-refractivity contribution in [1.29, 1.82) is 0 Å². The number of nitrogens with zero attached hydrogens (tertiary/aromatic N) is 1. The molecule has 39 heavy (non-hydrogen) atoms. The van der Waals surface area contributed by atoms with Gasteiger partial charge in [-0.05, 0) is 16.7 Å². The van der Waals surface area contributed by atoms with Crippen molar-refractivity contribution in [2.75, 3.05) is 13.2 Å². The molecule has 0 bridgehead atoms. The highest BCUT2D eigenvalue weighted by Crippen LogP contribution is 2.28. The van der Waals surface area contributed by atoms with E-state index in [9.17, 15) is 9.59 Å². The number of nitrogens with one attached hydrogen (secondary N) is 1. The second-order valence-electron chi connectivity index (χ2n) is 9.44. The van der Waals surface area contributed by atoms with Gasteiger partial charge in [0.1, 0.15) is 18.2 Å². The third-order valence-corrected chi connectivity index (χ3v) is 6.57. The summed E-state index contributed by atoms with van der Waals surface area (Å²) in [6, 6.07) is 27.7. The molecule has 1 heterocycles. The predicted octanol–water partition coefficient (Wildman–Crippen LogP) is 3.72. The summed E-state index contributed by atoms with van der Waals surface area (Å²) in [7, 11) is 0. The molecule has 7 nitrogen and oxygen atoms in total. The molecule has 1 N–H and O–H groups in total. The summed E-state index contributed by atoms with van der Waals surface area (Å²) in [5, 5.41) is 2.79. The number of hydrogen-bond donors (Lipinski definition) is 1. The van der Waals surface area contributed by atoms with Crippen molar-refractivity contribution in [3.63, 3.8) is 0 Å². The van der Waals surface area contributed by atoms with Gasteiger partial charge in [0.2, 0.25) is 11.8 Å². The Kier molecular flexibility index (Phi) is 10.3. The minimum absolute atomic E-state index is 0.0465. The van der Waals surface area contributed by atoms with E-state index in [1.165, 1.54) is 6.92 Å². The minimum atomic E-state index is -0.967. The highest BCUT2D eigenvalue weighted by molar-refractivity contribution is 5.89. The van der Waals surface area contributed by atoms with Crippen molar-refractivity contribution in [3.05, 3.63) is 108 Å². The average Bonchev–Trinajstić information content (AvgIpc) is 2.96. The molecule has 7 heteroatoms. The number of amides is 2. The summed E-state index contributed by atoms with van der Waals surface area (Å²) in [5.41, 5.74) is 2.92. The SMILES string of the molecule is C#CCN1C(=O)C(NC(C)=O)[C@H](OCc2ccccc2)[C@H](OCc2ccccc2)C1COCc1ccccc1. The van der Waals surface area contributed by atoms with Gasteiger partial charge in [0.25, 0.3) is 0 Å². The average molecular weight is 527 g/mol. The summed E-state index contributed by atoms with van der Waals surface area (Å²) in [6.07, 6.45) is 4.28. The van der Waals surface area contributed by atoms with E-state index < -0.39 is 24.3 Å². The molecule has 0 radical (unpaired) electrons. The topological polar surface area (TPSA) is 77.1 Å². The first-order chi connectivity index (χ1) is 19.1. The fourth-order valence-electron chi connectivity index (χ4n) is 4.71. The van der Waals surface area contributed by atoms with Crippen molar-refractivity contribution < 1.29 is 23.8 Å². The fourth-order valence-corrected chi connectivity index (χ4v) is 4.71. The number of carbonyl (C=O) groups is 2. The molecule has 1 aliphatic heterocycles. The van der Waals surface area contributed by atoms with Crippen molar-refractivity contribution in [2.45, 2.75) is 51.0 Å². The van der Waals surface area contributed by atoms with Crippen LogP contribution in [0.1, 0.15) is 23.6 Å². The lowest BCUT2D eigenvalue weighted by atomic mass is 9.90. The van der Waals surface area contributed by atoms with Crippen LogP contribution in [-0.4, -0.2) is 54.2 Å². The fraction of sp³-hybridized carbons (Fsp3) is 0.312. The maximum atomic E-state index is 13.8. The maximum absolute atomic E-state index is 13.8. The Morgan fingerprint density at radius 2 is 1.31 bits per heavy atom. The number of ether oxygens (including phenoxy) is 3. The third kappa shape index (κ3) is 7.78. The monoisotopic (exact) mass is 526 g/mol. The van der Waals surface area contributed by atoms with E-state index in [2.05, 4.69) is 11.2 Å². The summed E-state index contributed by atoms with van der Waals surface area (Å²) in [5.74, 6) is 1.92. The molecule has 2 unspecified atom stereocenters. The first kappa shape index (κ1) is 28.1. The Labute approximate surface area is 230 Å². The molecule has 4 atom stereocenters. The lowest BCUT2D eigenvalue weighted by Gasteiger charge is -2.47. The number of benzene rings is 3. The quantitative estimate of drug-likeness (QED) is 0.364. The van der Waals surface area contributed by atoms with Crippen LogP contribution in [0.3, 0.4) is 0 Å². The van der Waals surface area contributed by atoms with Gasteiger partial charge in [-0.2, -0.15) is 0 Å². The normalized spacial score (nSPS) is 20.8. The van der Waals surface area contributed by atoms with E-state index in [0.29, 0.717) is 6.61 Å². The molecule has 1 aliphatic rings. The van der Waals surface area contributed by atoms with Crippen LogP contribution in [0.4, 0.5) is 0 Å². The number of rotatable bonds is 12. The molecule has 0 saturated carbocycles. The lowest BCUT2D eigenvalue weighted by molar-refractivity contribution is -0.184. The van der Waals surface area contributed by atoms with Crippen LogP contribution in [-0.2, 0) is 43.6 Å². The van der Waals surface area contributed by atoms with Crippen LogP contribution in [0.5, 0.6) is 0 Å². The summed E-state index contributed by atoms with van der Waals surface area (Å²) >= 11 is 0. The highest BCUT2D eigenvalue weighted by atomic mass is 16.5. The van der Waals surface area contributed by atoms with Crippen LogP contribution in [0.25, 0.3) is 0 Å². The van der Waals surface area contributed by atoms with Gasteiger partial charge in [-0.25, -0.2) is 0 Å². The zero-order chi connectivity index (χ0) is 27.5. The Bertz CT molecular complexity index is 1230. The highest BCUT2D eigenvalue weighted by Gasteiger charge is 2.50. The molecule has 3 aromatic carbocycles. The molecule has 0 aliphatic carbocycles. The van der Waals surface area contributed by atoms with E-state index >= 15 is 0 Å². The van der Waals surface area contributed by atoms with Crippen molar-refractivity contribution in [1.82, 2.24) is 10.2 Å². The van der Waals surface area contributed by atoms with Crippen molar-refractivity contribution in [2.24, 2.45) is 0 Å². The molecule has 0 spiro atoms. The third-order valence-electron chi connectivity index (χ3n) is 6.57. The smallest absolute Gasteiger partial charge is 0.249 e.